The fourth-order valence-corrected chi connectivity index (χ4v) is 3.52. The van der Waals surface area contributed by atoms with Crippen molar-refractivity contribution in [2.24, 2.45) is 11.0 Å². The topological polar surface area (TPSA) is 71.0 Å². The highest BCUT2D eigenvalue weighted by Gasteiger charge is 2.35. The Bertz CT molecular complexity index is 1140. The fourth-order valence-electron chi connectivity index (χ4n) is 3.52. The van der Waals surface area contributed by atoms with E-state index in [1.807, 2.05) is 43.3 Å². The minimum atomic E-state index is -0.446. The van der Waals surface area contributed by atoms with Gasteiger partial charge in [0, 0.05) is 18.7 Å². The van der Waals surface area contributed by atoms with Crippen LogP contribution in [0.4, 0.5) is 10.1 Å². The molecule has 0 unspecified atom stereocenters. The molecule has 6 nitrogen and oxygen atoms in total. The Balaban J connectivity index is 1.26. The van der Waals surface area contributed by atoms with E-state index in [9.17, 15) is 14.0 Å². The molecule has 1 N–H and O–H groups in total. The number of aryl methyl sites for hydroxylation is 1. The zero-order valence-electron chi connectivity index (χ0n) is 18.2. The number of hydrogen-bond acceptors (Lipinski definition) is 4. The summed E-state index contributed by atoms with van der Waals surface area (Å²) in [4.78, 5) is 26.4. The minimum absolute atomic E-state index is 0.0702. The molecule has 33 heavy (non-hydrogen) atoms. The SMILES string of the molecule is Cc1ccc(N2C[C@@H](C(=O)N/N=C/c3ccc(OCc4ccc(F)cc4)cc3)CC2=O)cc1. The molecule has 0 radical (unpaired) electrons. The average molecular weight is 445 g/mol. The van der Waals surface area contributed by atoms with Crippen LogP contribution in [-0.2, 0) is 16.2 Å². The predicted molar refractivity (Wildman–Crippen MR) is 125 cm³/mol. The van der Waals surface area contributed by atoms with E-state index >= 15 is 0 Å². The Morgan fingerprint density at radius 1 is 1.09 bits per heavy atom. The van der Waals surface area contributed by atoms with Crippen LogP contribution in [0.3, 0.4) is 0 Å². The van der Waals surface area contributed by atoms with E-state index in [1.165, 1.54) is 18.3 Å². The smallest absolute Gasteiger partial charge is 0.245 e. The second-order valence-electron chi connectivity index (χ2n) is 7.96. The lowest BCUT2D eigenvalue weighted by Gasteiger charge is -2.16. The van der Waals surface area contributed by atoms with Crippen LogP contribution in [-0.4, -0.2) is 24.6 Å². The highest BCUT2D eigenvalue weighted by atomic mass is 19.1. The number of carbonyl (C=O) groups is 2. The number of ether oxygens (including phenoxy) is 1. The molecule has 1 heterocycles. The van der Waals surface area contributed by atoms with Gasteiger partial charge in [-0.25, -0.2) is 9.82 Å². The van der Waals surface area contributed by atoms with E-state index in [-0.39, 0.29) is 24.1 Å². The van der Waals surface area contributed by atoms with Crippen molar-refractivity contribution in [3.8, 4) is 5.75 Å². The molecule has 3 aromatic carbocycles. The third kappa shape index (κ3) is 5.83. The maximum absolute atomic E-state index is 13.0. The average Bonchev–Trinajstić information content (AvgIpc) is 3.22. The van der Waals surface area contributed by atoms with Gasteiger partial charge in [-0.2, -0.15) is 5.10 Å². The number of benzene rings is 3. The van der Waals surface area contributed by atoms with Crippen molar-refractivity contribution >= 4 is 23.7 Å². The largest absolute Gasteiger partial charge is 0.489 e. The Hall–Kier alpha value is -4.00. The summed E-state index contributed by atoms with van der Waals surface area (Å²) >= 11 is 0. The summed E-state index contributed by atoms with van der Waals surface area (Å²) < 4.78 is 18.6. The zero-order chi connectivity index (χ0) is 23.2. The van der Waals surface area contributed by atoms with Gasteiger partial charge in [-0.1, -0.05) is 29.8 Å². The van der Waals surface area contributed by atoms with Gasteiger partial charge in [-0.05, 0) is 66.6 Å². The van der Waals surface area contributed by atoms with E-state index in [4.69, 9.17) is 4.74 Å². The molecule has 2 amide bonds. The molecule has 168 valence electrons. The first-order chi connectivity index (χ1) is 16.0. The monoisotopic (exact) mass is 445 g/mol. The van der Waals surface area contributed by atoms with Crippen LogP contribution in [0, 0.1) is 18.7 Å². The van der Waals surface area contributed by atoms with Gasteiger partial charge in [0.1, 0.15) is 18.2 Å². The summed E-state index contributed by atoms with van der Waals surface area (Å²) in [6.07, 6.45) is 1.70. The van der Waals surface area contributed by atoms with Gasteiger partial charge in [0.2, 0.25) is 11.8 Å². The molecule has 3 aromatic rings. The second kappa shape index (κ2) is 10.1. The molecule has 1 saturated heterocycles. The van der Waals surface area contributed by atoms with Crippen molar-refractivity contribution in [1.82, 2.24) is 5.43 Å². The van der Waals surface area contributed by atoms with Crippen LogP contribution < -0.4 is 15.1 Å². The number of carbonyl (C=O) groups excluding carboxylic acids is 2. The van der Waals surface area contributed by atoms with Crippen LogP contribution in [0.5, 0.6) is 5.75 Å². The fraction of sp³-hybridized carbons (Fsp3) is 0.192. The highest BCUT2D eigenvalue weighted by Crippen LogP contribution is 2.25. The van der Waals surface area contributed by atoms with Gasteiger partial charge < -0.3 is 9.64 Å². The van der Waals surface area contributed by atoms with Crippen LogP contribution in [0.1, 0.15) is 23.1 Å². The third-order valence-electron chi connectivity index (χ3n) is 5.43. The molecule has 1 fully saturated rings. The Morgan fingerprint density at radius 3 is 2.48 bits per heavy atom. The Morgan fingerprint density at radius 2 is 1.79 bits per heavy atom. The van der Waals surface area contributed by atoms with Crippen LogP contribution in [0.15, 0.2) is 77.9 Å². The van der Waals surface area contributed by atoms with Gasteiger partial charge in [0.15, 0.2) is 0 Å². The van der Waals surface area contributed by atoms with Crippen molar-refractivity contribution in [3.05, 3.63) is 95.3 Å². The molecule has 1 aliphatic heterocycles. The minimum Gasteiger partial charge on any atom is -0.489 e. The summed E-state index contributed by atoms with van der Waals surface area (Å²) in [5.74, 6) is -0.412. The van der Waals surface area contributed by atoms with Gasteiger partial charge in [0.05, 0.1) is 12.1 Å². The van der Waals surface area contributed by atoms with E-state index in [2.05, 4.69) is 10.5 Å². The van der Waals surface area contributed by atoms with Crippen molar-refractivity contribution in [3.63, 3.8) is 0 Å². The van der Waals surface area contributed by atoms with E-state index in [0.29, 0.717) is 18.9 Å². The van der Waals surface area contributed by atoms with Gasteiger partial charge in [-0.15, -0.1) is 0 Å². The first-order valence-electron chi connectivity index (χ1n) is 10.7. The summed E-state index contributed by atoms with van der Waals surface area (Å²) in [7, 11) is 0. The van der Waals surface area contributed by atoms with E-state index in [0.717, 1.165) is 22.4 Å². The van der Waals surface area contributed by atoms with Crippen LogP contribution >= 0.6 is 0 Å². The lowest BCUT2D eigenvalue weighted by atomic mass is 10.1. The second-order valence-corrected chi connectivity index (χ2v) is 7.96. The number of anilines is 1. The highest BCUT2D eigenvalue weighted by molar-refractivity contribution is 6.00. The molecule has 0 spiro atoms. The number of hydrogen-bond donors (Lipinski definition) is 1. The summed E-state index contributed by atoms with van der Waals surface area (Å²) in [6.45, 7) is 2.66. The van der Waals surface area contributed by atoms with Gasteiger partial charge >= 0.3 is 0 Å². The normalized spacial score (nSPS) is 15.8. The van der Waals surface area contributed by atoms with Crippen molar-refractivity contribution in [1.29, 1.82) is 0 Å². The summed E-state index contributed by atoms with van der Waals surface area (Å²) in [5, 5.41) is 4.02. The molecular formula is C26H24FN3O3. The molecule has 0 bridgehead atoms. The van der Waals surface area contributed by atoms with Crippen molar-refractivity contribution in [2.75, 3.05) is 11.4 Å². The number of nitrogens with one attached hydrogen (secondary N) is 1. The Labute approximate surface area is 191 Å². The predicted octanol–water partition coefficient (Wildman–Crippen LogP) is 4.22. The lowest BCUT2D eigenvalue weighted by molar-refractivity contribution is -0.126. The lowest BCUT2D eigenvalue weighted by Crippen LogP contribution is -2.30. The van der Waals surface area contributed by atoms with Gasteiger partial charge in [0.25, 0.3) is 0 Å². The molecule has 1 aliphatic rings. The maximum Gasteiger partial charge on any atom is 0.245 e. The molecule has 0 aromatic heterocycles. The standard InChI is InChI=1S/C26H24FN3O3/c1-18-2-10-23(11-3-18)30-16-21(14-25(30)31)26(32)29-28-15-19-6-12-24(13-7-19)33-17-20-4-8-22(27)9-5-20/h2-13,15,21H,14,16-17H2,1H3,(H,29,32)/b28-15+/t21-/m0/s1. The molecule has 7 heteroatoms. The van der Waals surface area contributed by atoms with E-state index in [1.54, 1.807) is 29.2 Å². The Kier molecular flexibility index (Phi) is 6.78. The first kappa shape index (κ1) is 22.2. The van der Waals surface area contributed by atoms with Crippen LogP contribution in [0.25, 0.3) is 0 Å². The third-order valence-corrected chi connectivity index (χ3v) is 5.43. The molecule has 0 aliphatic carbocycles. The number of hydrazone groups is 1. The van der Waals surface area contributed by atoms with Crippen molar-refractivity contribution in [2.45, 2.75) is 20.0 Å². The molecule has 4 rings (SSSR count). The number of amides is 2. The summed E-state index contributed by atoms with van der Waals surface area (Å²) in [5.41, 5.74) is 6.10. The first-order valence-corrected chi connectivity index (χ1v) is 10.7. The number of halogens is 1. The quantitative estimate of drug-likeness (QED) is 0.437. The molecular weight excluding hydrogens is 421 g/mol. The van der Waals surface area contributed by atoms with Gasteiger partial charge in [-0.3, -0.25) is 9.59 Å². The maximum atomic E-state index is 13.0. The summed E-state index contributed by atoms with van der Waals surface area (Å²) in [6, 6.07) is 21.0. The van der Waals surface area contributed by atoms with Crippen LogP contribution in [0.2, 0.25) is 0 Å². The molecule has 1 atom stereocenters. The number of nitrogens with zero attached hydrogens (tertiary/aromatic N) is 2. The van der Waals surface area contributed by atoms with E-state index < -0.39 is 5.92 Å². The molecule has 0 saturated carbocycles. The van der Waals surface area contributed by atoms with Crippen molar-refractivity contribution < 1.29 is 18.7 Å². The zero-order valence-corrected chi connectivity index (χ0v) is 18.2. The number of rotatable bonds is 7.